The SMILES string of the molecule is Cn1cc(C2CN(C(=O)COc3ccc4ccccc4c3)Cc3ccccc32)cn1. The first-order valence-corrected chi connectivity index (χ1v) is 10.1. The van der Waals surface area contributed by atoms with Gasteiger partial charge < -0.3 is 9.64 Å². The fourth-order valence-corrected chi connectivity index (χ4v) is 4.20. The molecule has 0 radical (unpaired) electrons. The molecule has 3 aromatic carbocycles. The van der Waals surface area contributed by atoms with Crippen LogP contribution >= 0.6 is 0 Å². The molecule has 0 bridgehead atoms. The molecule has 1 unspecified atom stereocenters. The number of aromatic nitrogens is 2. The van der Waals surface area contributed by atoms with Crippen LogP contribution in [0.3, 0.4) is 0 Å². The Kier molecular flexibility index (Phi) is 4.71. The fraction of sp³-hybridized carbons (Fsp3) is 0.200. The highest BCUT2D eigenvalue weighted by Gasteiger charge is 2.29. The fourth-order valence-electron chi connectivity index (χ4n) is 4.20. The molecule has 5 nitrogen and oxygen atoms in total. The van der Waals surface area contributed by atoms with Crippen LogP contribution in [-0.4, -0.2) is 33.7 Å². The normalized spacial score (nSPS) is 15.8. The maximum Gasteiger partial charge on any atom is 0.260 e. The number of amides is 1. The highest BCUT2D eigenvalue weighted by molar-refractivity contribution is 5.84. The summed E-state index contributed by atoms with van der Waals surface area (Å²) in [5.74, 6) is 0.822. The lowest BCUT2D eigenvalue weighted by atomic mass is 9.86. The van der Waals surface area contributed by atoms with Crippen molar-refractivity contribution < 1.29 is 9.53 Å². The number of nitrogens with zero attached hydrogens (tertiary/aromatic N) is 3. The van der Waals surface area contributed by atoms with E-state index in [1.807, 2.05) is 71.5 Å². The molecule has 0 fully saturated rings. The molecular weight excluding hydrogens is 374 g/mol. The van der Waals surface area contributed by atoms with Gasteiger partial charge in [-0.05, 0) is 39.6 Å². The molecule has 0 spiro atoms. The van der Waals surface area contributed by atoms with Crippen LogP contribution in [0.5, 0.6) is 5.75 Å². The Hall–Kier alpha value is -3.60. The molecule has 4 aromatic rings. The maximum absolute atomic E-state index is 13.0. The summed E-state index contributed by atoms with van der Waals surface area (Å²) in [5, 5.41) is 6.58. The largest absolute Gasteiger partial charge is 0.484 e. The Balaban J connectivity index is 1.34. The number of ether oxygens (including phenoxy) is 1. The van der Waals surface area contributed by atoms with E-state index in [4.69, 9.17) is 4.74 Å². The quantitative estimate of drug-likeness (QED) is 0.520. The van der Waals surface area contributed by atoms with Crippen LogP contribution in [0.25, 0.3) is 10.8 Å². The van der Waals surface area contributed by atoms with Crippen LogP contribution in [0.4, 0.5) is 0 Å². The zero-order chi connectivity index (χ0) is 20.5. The predicted molar refractivity (Wildman–Crippen MR) is 116 cm³/mol. The van der Waals surface area contributed by atoms with Gasteiger partial charge in [0.05, 0.1) is 6.20 Å². The zero-order valence-corrected chi connectivity index (χ0v) is 16.9. The minimum absolute atomic E-state index is 0.00782. The highest BCUT2D eigenvalue weighted by atomic mass is 16.5. The predicted octanol–water partition coefficient (Wildman–Crippen LogP) is 4.13. The summed E-state index contributed by atoms with van der Waals surface area (Å²) < 4.78 is 7.66. The summed E-state index contributed by atoms with van der Waals surface area (Å²) in [6.45, 7) is 1.26. The van der Waals surface area contributed by atoms with E-state index >= 15 is 0 Å². The van der Waals surface area contributed by atoms with Crippen molar-refractivity contribution >= 4 is 16.7 Å². The summed E-state index contributed by atoms with van der Waals surface area (Å²) in [6.07, 6.45) is 3.92. The minimum Gasteiger partial charge on any atom is -0.484 e. The maximum atomic E-state index is 13.0. The van der Waals surface area contributed by atoms with E-state index in [0.29, 0.717) is 18.8 Å². The number of carbonyl (C=O) groups excluding carboxylic acids is 1. The van der Waals surface area contributed by atoms with Gasteiger partial charge >= 0.3 is 0 Å². The van der Waals surface area contributed by atoms with Crippen LogP contribution in [-0.2, 0) is 18.4 Å². The Bertz CT molecular complexity index is 1210. The molecule has 0 N–H and O–H groups in total. The van der Waals surface area contributed by atoms with Gasteiger partial charge in [0.25, 0.3) is 5.91 Å². The van der Waals surface area contributed by atoms with E-state index < -0.39 is 0 Å². The summed E-state index contributed by atoms with van der Waals surface area (Å²) >= 11 is 0. The second kappa shape index (κ2) is 7.67. The molecular formula is C25H23N3O2. The van der Waals surface area contributed by atoms with Crippen molar-refractivity contribution in [2.45, 2.75) is 12.5 Å². The van der Waals surface area contributed by atoms with E-state index in [1.165, 1.54) is 11.1 Å². The molecule has 1 aromatic heterocycles. The molecule has 1 aliphatic heterocycles. The smallest absolute Gasteiger partial charge is 0.260 e. The Labute approximate surface area is 175 Å². The number of hydrogen-bond donors (Lipinski definition) is 0. The number of carbonyl (C=O) groups is 1. The van der Waals surface area contributed by atoms with Crippen molar-refractivity contribution in [2.75, 3.05) is 13.2 Å². The average molecular weight is 397 g/mol. The van der Waals surface area contributed by atoms with Crippen molar-refractivity contribution in [1.82, 2.24) is 14.7 Å². The molecule has 0 saturated carbocycles. The topological polar surface area (TPSA) is 47.4 Å². The Morgan fingerprint density at radius 1 is 1.07 bits per heavy atom. The Morgan fingerprint density at radius 3 is 2.70 bits per heavy atom. The van der Waals surface area contributed by atoms with Crippen LogP contribution < -0.4 is 4.74 Å². The molecule has 150 valence electrons. The zero-order valence-electron chi connectivity index (χ0n) is 16.9. The van der Waals surface area contributed by atoms with E-state index in [1.54, 1.807) is 0 Å². The molecule has 5 heteroatoms. The Morgan fingerprint density at radius 2 is 1.87 bits per heavy atom. The third-order valence-corrected chi connectivity index (χ3v) is 5.76. The van der Waals surface area contributed by atoms with Crippen LogP contribution in [0, 0.1) is 0 Å². The molecule has 1 aliphatic rings. The van der Waals surface area contributed by atoms with Crippen LogP contribution in [0.15, 0.2) is 79.1 Å². The van der Waals surface area contributed by atoms with Crippen molar-refractivity contribution in [3.8, 4) is 5.75 Å². The standard InChI is InChI=1S/C25H23N3O2/c1-27-14-21(13-26-27)24-16-28(15-20-8-4-5-9-23(20)24)25(29)17-30-22-11-10-18-6-2-3-7-19(18)12-22/h2-14,24H,15-17H2,1H3. The second-order valence-electron chi connectivity index (χ2n) is 7.77. The molecule has 30 heavy (non-hydrogen) atoms. The number of benzene rings is 3. The van der Waals surface area contributed by atoms with Crippen molar-refractivity contribution in [3.05, 3.63) is 95.8 Å². The van der Waals surface area contributed by atoms with E-state index in [0.717, 1.165) is 16.3 Å². The highest BCUT2D eigenvalue weighted by Crippen LogP contribution is 2.33. The number of fused-ring (bicyclic) bond motifs is 2. The van der Waals surface area contributed by atoms with Gasteiger partial charge in [-0.2, -0.15) is 5.10 Å². The van der Waals surface area contributed by atoms with E-state index in [2.05, 4.69) is 29.4 Å². The number of aryl methyl sites for hydroxylation is 1. The van der Waals surface area contributed by atoms with Gasteiger partial charge in [-0.3, -0.25) is 9.48 Å². The summed E-state index contributed by atoms with van der Waals surface area (Å²) in [5.41, 5.74) is 3.57. The lowest BCUT2D eigenvalue weighted by Crippen LogP contribution is -2.41. The number of hydrogen-bond acceptors (Lipinski definition) is 3. The van der Waals surface area contributed by atoms with Crippen LogP contribution in [0.2, 0.25) is 0 Å². The first-order valence-electron chi connectivity index (χ1n) is 10.1. The monoisotopic (exact) mass is 397 g/mol. The average Bonchev–Trinajstić information content (AvgIpc) is 3.22. The summed E-state index contributed by atoms with van der Waals surface area (Å²) in [7, 11) is 1.92. The third kappa shape index (κ3) is 3.54. The first-order chi connectivity index (χ1) is 14.7. The molecule has 5 rings (SSSR count). The van der Waals surface area contributed by atoms with Gasteiger partial charge in [0.15, 0.2) is 6.61 Å². The first kappa shape index (κ1) is 18.4. The van der Waals surface area contributed by atoms with E-state index in [-0.39, 0.29) is 18.4 Å². The van der Waals surface area contributed by atoms with Gasteiger partial charge in [-0.1, -0.05) is 54.6 Å². The third-order valence-electron chi connectivity index (χ3n) is 5.76. The van der Waals surface area contributed by atoms with Gasteiger partial charge in [0.1, 0.15) is 5.75 Å². The van der Waals surface area contributed by atoms with Crippen LogP contribution in [0.1, 0.15) is 22.6 Å². The minimum atomic E-state index is -0.00782. The van der Waals surface area contributed by atoms with Crippen molar-refractivity contribution in [3.63, 3.8) is 0 Å². The van der Waals surface area contributed by atoms with Gasteiger partial charge in [0.2, 0.25) is 0 Å². The van der Waals surface area contributed by atoms with Crippen molar-refractivity contribution in [2.24, 2.45) is 7.05 Å². The van der Waals surface area contributed by atoms with Gasteiger partial charge in [0, 0.05) is 32.3 Å². The van der Waals surface area contributed by atoms with Gasteiger partial charge in [-0.15, -0.1) is 0 Å². The second-order valence-corrected chi connectivity index (χ2v) is 7.77. The lowest BCUT2D eigenvalue weighted by Gasteiger charge is -2.34. The van der Waals surface area contributed by atoms with Gasteiger partial charge in [-0.25, -0.2) is 0 Å². The van der Waals surface area contributed by atoms with E-state index in [9.17, 15) is 4.79 Å². The summed E-state index contributed by atoms with van der Waals surface area (Å²) in [4.78, 5) is 14.9. The molecule has 0 aliphatic carbocycles. The molecule has 0 saturated heterocycles. The van der Waals surface area contributed by atoms with Crippen molar-refractivity contribution in [1.29, 1.82) is 0 Å². The molecule has 2 heterocycles. The number of rotatable bonds is 4. The summed E-state index contributed by atoms with van der Waals surface area (Å²) in [6, 6.07) is 22.4. The molecule has 1 amide bonds. The lowest BCUT2D eigenvalue weighted by molar-refractivity contribution is -0.134. The molecule has 1 atom stereocenters.